The highest BCUT2D eigenvalue weighted by atomic mass is 35.5. The second-order valence-corrected chi connectivity index (χ2v) is 6.27. The largest absolute Gasteiger partial charge is 0.326 e. The number of benzene rings is 2. The molecule has 0 fully saturated rings. The SMILES string of the molecule is Cc1ccc(NC(=O)C[NH+](C)Cc2c(F)cccc2Cl)cc1C. The highest BCUT2D eigenvalue weighted by molar-refractivity contribution is 6.31. The molecular weight excluding hydrogens is 315 g/mol. The molecule has 0 aliphatic heterocycles. The number of quaternary nitrogens is 1. The summed E-state index contributed by atoms with van der Waals surface area (Å²) in [5.41, 5.74) is 3.52. The molecular formula is C18H21ClFN2O+. The van der Waals surface area contributed by atoms with E-state index in [-0.39, 0.29) is 18.3 Å². The molecule has 5 heteroatoms. The van der Waals surface area contributed by atoms with Crippen molar-refractivity contribution in [2.45, 2.75) is 20.4 Å². The Bertz CT molecular complexity index is 698. The summed E-state index contributed by atoms with van der Waals surface area (Å²) in [5.74, 6) is -0.454. The molecule has 0 aliphatic rings. The molecule has 0 aromatic heterocycles. The fourth-order valence-electron chi connectivity index (χ4n) is 2.36. The Labute approximate surface area is 141 Å². The topological polar surface area (TPSA) is 33.5 Å². The van der Waals surface area contributed by atoms with Gasteiger partial charge in [-0.3, -0.25) is 4.79 Å². The van der Waals surface area contributed by atoms with Gasteiger partial charge in [0.15, 0.2) is 6.54 Å². The van der Waals surface area contributed by atoms with Gasteiger partial charge < -0.3 is 10.2 Å². The molecule has 122 valence electrons. The average Bonchev–Trinajstić information content (AvgIpc) is 2.47. The van der Waals surface area contributed by atoms with E-state index >= 15 is 0 Å². The minimum Gasteiger partial charge on any atom is -0.326 e. The van der Waals surface area contributed by atoms with Crippen LogP contribution in [0.1, 0.15) is 16.7 Å². The third-order valence-corrected chi connectivity index (χ3v) is 4.15. The van der Waals surface area contributed by atoms with E-state index in [9.17, 15) is 9.18 Å². The highest BCUT2D eigenvalue weighted by Gasteiger charge is 2.15. The molecule has 0 saturated heterocycles. The van der Waals surface area contributed by atoms with Gasteiger partial charge in [0.05, 0.1) is 17.6 Å². The maximum atomic E-state index is 13.8. The molecule has 0 spiro atoms. The number of halogens is 2. The van der Waals surface area contributed by atoms with Crippen molar-refractivity contribution >= 4 is 23.2 Å². The van der Waals surface area contributed by atoms with Gasteiger partial charge in [-0.25, -0.2) is 4.39 Å². The van der Waals surface area contributed by atoms with Crippen LogP contribution in [0, 0.1) is 19.7 Å². The maximum absolute atomic E-state index is 13.8. The molecule has 2 N–H and O–H groups in total. The molecule has 1 atom stereocenters. The monoisotopic (exact) mass is 335 g/mol. The first kappa shape index (κ1) is 17.4. The molecule has 0 heterocycles. The van der Waals surface area contributed by atoms with Crippen LogP contribution in [0.2, 0.25) is 5.02 Å². The maximum Gasteiger partial charge on any atom is 0.279 e. The number of likely N-dealkylation sites (N-methyl/N-ethyl adjacent to an activating group) is 1. The van der Waals surface area contributed by atoms with Crippen molar-refractivity contribution in [2.24, 2.45) is 0 Å². The van der Waals surface area contributed by atoms with Crippen LogP contribution in [0.5, 0.6) is 0 Å². The summed E-state index contributed by atoms with van der Waals surface area (Å²) in [6, 6.07) is 10.4. The summed E-state index contributed by atoms with van der Waals surface area (Å²) < 4.78 is 13.8. The summed E-state index contributed by atoms with van der Waals surface area (Å²) in [6.07, 6.45) is 0. The number of anilines is 1. The van der Waals surface area contributed by atoms with E-state index < -0.39 is 0 Å². The normalized spacial score (nSPS) is 12.0. The molecule has 1 amide bonds. The smallest absolute Gasteiger partial charge is 0.279 e. The number of carbonyl (C=O) groups excluding carboxylic acids is 1. The Balaban J connectivity index is 1.95. The van der Waals surface area contributed by atoms with Crippen molar-refractivity contribution in [2.75, 3.05) is 18.9 Å². The number of hydrogen-bond donors (Lipinski definition) is 2. The van der Waals surface area contributed by atoms with Crippen molar-refractivity contribution < 1.29 is 14.1 Å². The minimum atomic E-state index is -0.341. The molecule has 0 radical (unpaired) electrons. The predicted molar refractivity (Wildman–Crippen MR) is 91.4 cm³/mol. The van der Waals surface area contributed by atoms with Gasteiger partial charge in [-0.2, -0.15) is 0 Å². The average molecular weight is 336 g/mol. The van der Waals surface area contributed by atoms with Gasteiger partial charge in [0.2, 0.25) is 0 Å². The van der Waals surface area contributed by atoms with Crippen LogP contribution in [-0.4, -0.2) is 19.5 Å². The van der Waals surface area contributed by atoms with Crippen LogP contribution in [0.25, 0.3) is 0 Å². The second kappa shape index (κ2) is 7.57. The number of amides is 1. The third-order valence-electron chi connectivity index (χ3n) is 3.79. The van der Waals surface area contributed by atoms with Crippen LogP contribution < -0.4 is 10.2 Å². The fraction of sp³-hybridized carbons (Fsp3) is 0.278. The quantitative estimate of drug-likeness (QED) is 0.865. The van der Waals surface area contributed by atoms with E-state index in [1.807, 2.05) is 39.1 Å². The number of carbonyl (C=O) groups is 1. The number of nitrogens with one attached hydrogen (secondary N) is 2. The summed E-state index contributed by atoms with van der Waals surface area (Å²) in [6.45, 7) is 4.61. The van der Waals surface area contributed by atoms with E-state index in [0.29, 0.717) is 17.1 Å². The first-order valence-corrected chi connectivity index (χ1v) is 7.86. The van der Waals surface area contributed by atoms with Crippen molar-refractivity contribution in [1.82, 2.24) is 0 Å². The second-order valence-electron chi connectivity index (χ2n) is 5.86. The third kappa shape index (κ3) is 4.78. The Hall–Kier alpha value is -1.91. The van der Waals surface area contributed by atoms with Gasteiger partial charge in [-0.15, -0.1) is 0 Å². The lowest BCUT2D eigenvalue weighted by molar-refractivity contribution is -0.885. The van der Waals surface area contributed by atoms with Gasteiger partial charge in [0.25, 0.3) is 5.91 Å². The zero-order chi connectivity index (χ0) is 17.0. The van der Waals surface area contributed by atoms with Gasteiger partial charge in [0, 0.05) is 5.69 Å². The first-order valence-electron chi connectivity index (χ1n) is 7.48. The predicted octanol–water partition coefficient (Wildman–Crippen LogP) is 2.75. The standard InChI is InChI=1S/C18H20ClFN2O/c1-12-7-8-14(9-13(12)2)21-18(23)11-22(3)10-15-16(19)5-4-6-17(15)20/h4-9H,10-11H2,1-3H3,(H,21,23)/p+1. The zero-order valence-electron chi connectivity index (χ0n) is 13.5. The first-order chi connectivity index (χ1) is 10.9. The van der Waals surface area contributed by atoms with Gasteiger partial charge >= 0.3 is 0 Å². The molecule has 1 unspecified atom stereocenters. The van der Waals surface area contributed by atoms with E-state index in [2.05, 4.69) is 5.32 Å². The number of aryl methyl sites for hydroxylation is 2. The molecule has 23 heavy (non-hydrogen) atoms. The molecule has 3 nitrogen and oxygen atoms in total. The van der Waals surface area contributed by atoms with Gasteiger partial charge in [-0.05, 0) is 49.2 Å². The van der Waals surface area contributed by atoms with Crippen LogP contribution in [-0.2, 0) is 11.3 Å². The van der Waals surface area contributed by atoms with E-state index in [1.54, 1.807) is 12.1 Å². The van der Waals surface area contributed by atoms with Crippen LogP contribution in [0.4, 0.5) is 10.1 Å². The number of hydrogen-bond acceptors (Lipinski definition) is 1. The lowest BCUT2D eigenvalue weighted by Gasteiger charge is -2.15. The van der Waals surface area contributed by atoms with Crippen molar-refractivity contribution in [3.05, 3.63) is 63.9 Å². The lowest BCUT2D eigenvalue weighted by atomic mass is 10.1. The Kier molecular flexibility index (Phi) is 5.74. The zero-order valence-corrected chi connectivity index (χ0v) is 14.3. The van der Waals surface area contributed by atoms with Crippen molar-refractivity contribution in [1.29, 1.82) is 0 Å². The number of rotatable bonds is 5. The highest BCUT2D eigenvalue weighted by Crippen LogP contribution is 2.17. The Morgan fingerprint density at radius 2 is 1.96 bits per heavy atom. The molecule has 2 aromatic rings. The van der Waals surface area contributed by atoms with E-state index in [0.717, 1.165) is 16.2 Å². The van der Waals surface area contributed by atoms with E-state index in [4.69, 9.17) is 11.6 Å². The minimum absolute atomic E-state index is 0.113. The molecule has 0 aliphatic carbocycles. The van der Waals surface area contributed by atoms with Gasteiger partial charge in [0.1, 0.15) is 12.4 Å². The summed E-state index contributed by atoms with van der Waals surface area (Å²) in [4.78, 5) is 13.0. The Morgan fingerprint density at radius 1 is 1.22 bits per heavy atom. The molecule has 2 aromatic carbocycles. The molecule has 0 saturated carbocycles. The van der Waals surface area contributed by atoms with Crippen molar-refractivity contribution in [3.63, 3.8) is 0 Å². The van der Waals surface area contributed by atoms with Crippen LogP contribution >= 0.6 is 11.6 Å². The fourth-order valence-corrected chi connectivity index (χ4v) is 2.59. The van der Waals surface area contributed by atoms with E-state index in [1.165, 1.54) is 11.6 Å². The van der Waals surface area contributed by atoms with Crippen LogP contribution in [0.3, 0.4) is 0 Å². The van der Waals surface area contributed by atoms with Gasteiger partial charge in [-0.1, -0.05) is 23.7 Å². The summed E-state index contributed by atoms with van der Waals surface area (Å²) >= 11 is 6.02. The molecule has 0 bridgehead atoms. The van der Waals surface area contributed by atoms with Crippen LogP contribution in [0.15, 0.2) is 36.4 Å². The van der Waals surface area contributed by atoms with Crippen molar-refractivity contribution in [3.8, 4) is 0 Å². The lowest BCUT2D eigenvalue weighted by Crippen LogP contribution is -3.08. The molecule has 2 rings (SSSR count). The summed E-state index contributed by atoms with van der Waals surface area (Å²) in [5, 5.41) is 3.26. The Morgan fingerprint density at radius 3 is 2.61 bits per heavy atom. The summed E-state index contributed by atoms with van der Waals surface area (Å²) in [7, 11) is 1.84.